The van der Waals surface area contributed by atoms with Crippen molar-refractivity contribution in [3.8, 4) is 5.75 Å². The molecule has 3 nitrogen and oxygen atoms in total. The second-order valence-corrected chi connectivity index (χ2v) is 7.28. The number of fused-ring (bicyclic) bond motifs is 2. The Labute approximate surface area is 132 Å². The van der Waals surface area contributed by atoms with Crippen molar-refractivity contribution in [2.45, 2.75) is 46.1 Å². The van der Waals surface area contributed by atoms with Gasteiger partial charge in [0, 0.05) is 12.0 Å². The number of aryl methyl sites for hydroxylation is 1. The zero-order valence-corrected chi connectivity index (χ0v) is 13.8. The van der Waals surface area contributed by atoms with E-state index in [0.29, 0.717) is 6.42 Å². The molecule has 1 N–H and O–H groups in total. The van der Waals surface area contributed by atoms with Crippen LogP contribution in [0.3, 0.4) is 0 Å². The molecule has 1 aromatic carbocycles. The van der Waals surface area contributed by atoms with Crippen molar-refractivity contribution in [2.75, 3.05) is 7.11 Å². The van der Waals surface area contributed by atoms with Crippen molar-refractivity contribution in [2.24, 2.45) is 11.3 Å². The Kier molecular flexibility index (Phi) is 3.64. The number of benzene rings is 1. The molecule has 0 amide bonds. The summed E-state index contributed by atoms with van der Waals surface area (Å²) in [7, 11) is 1.64. The van der Waals surface area contributed by atoms with Crippen molar-refractivity contribution in [3.63, 3.8) is 0 Å². The Morgan fingerprint density at radius 2 is 2.05 bits per heavy atom. The summed E-state index contributed by atoms with van der Waals surface area (Å²) < 4.78 is 5.39. The normalized spacial score (nSPS) is 26.6. The molecule has 2 aliphatic carbocycles. The first-order valence-corrected chi connectivity index (χ1v) is 7.95. The van der Waals surface area contributed by atoms with E-state index >= 15 is 0 Å². The van der Waals surface area contributed by atoms with Gasteiger partial charge >= 0.3 is 0 Å². The maximum Gasteiger partial charge on any atom is 0.164 e. The summed E-state index contributed by atoms with van der Waals surface area (Å²) in [6, 6.07) is 3.84. The van der Waals surface area contributed by atoms with E-state index in [4.69, 9.17) is 4.74 Å². The molecule has 2 atom stereocenters. The van der Waals surface area contributed by atoms with E-state index in [1.165, 1.54) is 0 Å². The lowest BCUT2D eigenvalue weighted by Gasteiger charge is -2.42. The molecular weight excluding hydrogens is 276 g/mol. The van der Waals surface area contributed by atoms with Crippen LogP contribution in [0.15, 0.2) is 17.7 Å². The van der Waals surface area contributed by atoms with Crippen molar-refractivity contribution in [1.82, 2.24) is 0 Å². The molecule has 0 radical (unpaired) electrons. The molecule has 0 saturated heterocycles. The van der Waals surface area contributed by atoms with Crippen LogP contribution in [0.2, 0.25) is 0 Å². The van der Waals surface area contributed by atoms with Crippen molar-refractivity contribution in [3.05, 3.63) is 34.4 Å². The maximum absolute atomic E-state index is 12.8. The molecule has 0 bridgehead atoms. The zero-order chi connectivity index (χ0) is 16.1. The molecule has 1 fully saturated rings. The average Bonchev–Trinajstić information content (AvgIpc) is 2.61. The van der Waals surface area contributed by atoms with E-state index in [-0.39, 0.29) is 17.1 Å². The third-order valence-corrected chi connectivity index (χ3v) is 5.37. The Hall–Kier alpha value is -1.61. The SMILES string of the molecule is COc1cc2c(cc1C)C(=O)CC1C(=C2)C(O)CCC1(C)C. The van der Waals surface area contributed by atoms with Crippen LogP contribution in [0.4, 0.5) is 0 Å². The van der Waals surface area contributed by atoms with E-state index in [9.17, 15) is 9.90 Å². The van der Waals surface area contributed by atoms with Gasteiger partial charge in [0.25, 0.3) is 0 Å². The number of aliphatic hydroxyl groups is 1. The topological polar surface area (TPSA) is 46.5 Å². The van der Waals surface area contributed by atoms with Crippen LogP contribution in [-0.4, -0.2) is 24.1 Å². The van der Waals surface area contributed by atoms with Gasteiger partial charge in [-0.15, -0.1) is 0 Å². The molecular formula is C19H24O3. The fourth-order valence-electron chi connectivity index (χ4n) is 3.88. The van der Waals surface area contributed by atoms with Crippen LogP contribution in [-0.2, 0) is 0 Å². The molecule has 1 saturated carbocycles. The fourth-order valence-corrected chi connectivity index (χ4v) is 3.88. The summed E-state index contributed by atoms with van der Waals surface area (Å²) >= 11 is 0. The highest BCUT2D eigenvalue weighted by Crippen LogP contribution is 2.48. The highest BCUT2D eigenvalue weighted by Gasteiger charge is 2.42. The van der Waals surface area contributed by atoms with Crippen LogP contribution in [0.25, 0.3) is 6.08 Å². The lowest BCUT2D eigenvalue weighted by Crippen LogP contribution is -2.37. The van der Waals surface area contributed by atoms with Gasteiger partial charge in [0.2, 0.25) is 0 Å². The van der Waals surface area contributed by atoms with Gasteiger partial charge < -0.3 is 9.84 Å². The Bertz CT molecular complexity index is 655. The molecule has 1 aromatic rings. The number of hydrogen-bond donors (Lipinski definition) is 1. The van der Waals surface area contributed by atoms with Crippen molar-refractivity contribution < 1.29 is 14.6 Å². The monoisotopic (exact) mass is 300 g/mol. The molecule has 0 heterocycles. The predicted octanol–water partition coefficient (Wildman–Crippen LogP) is 3.77. The number of carbonyl (C=O) groups excluding carboxylic acids is 1. The minimum absolute atomic E-state index is 0.0435. The third kappa shape index (κ3) is 2.38. The molecule has 3 heteroatoms. The lowest BCUT2D eigenvalue weighted by molar-refractivity contribution is 0.0726. The summed E-state index contributed by atoms with van der Waals surface area (Å²) in [4.78, 5) is 12.8. The first kappa shape index (κ1) is 15.3. The van der Waals surface area contributed by atoms with Gasteiger partial charge in [-0.05, 0) is 59.9 Å². The van der Waals surface area contributed by atoms with Crippen LogP contribution >= 0.6 is 0 Å². The number of carbonyl (C=O) groups is 1. The highest BCUT2D eigenvalue weighted by atomic mass is 16.5. The molecule has 0 spiro atoms. The zero-order valence-electron chi connectivity index (χ0n) is 13.8. The largest absolute Gasteiger partial charge is 0.496 e. The molecule has 0 aliphatic heterocycles. The first-order chi connectivity index (χ1) is 10.3. The Morgan fingerprint density at radius 1 is 1.32 bits per heavy atom. The first-order valence-electron chi connectivity index (χ1n) is 7.95. The number of ether oxygens (including phenoxy) is 1. The molecule has 22 heavy (non-hydrogen) atoms. The molecule has 2 unspecified atom stereocenters. The van der Waals surface area contributed by atoms with E-state index in [2.05, 4.69) is 13.8 Å². The van der Waals surface area contributed by atoms with Crippen LogP contribution in [0.1, 0.15) is 54.6 Å². The summed E-state index contributed by atoms with van der Waals surface area (Å²) in [6.07, 6.45) is 3.78. The van der Waals surface area contributed by atoms with Crippen molar-refractivity contribution in [1.29, 1.82) is 0 Å². The van der Waals surface area contributed by atoms with Crippen LogP contribution in [0.5, 0.6) is 5.75 Å². The lowest BCUT2D eigenvalue weighted by atomic mass is 9.64. The fraction of sp³-hybridized carbons (Fsp3) is 0.526. The Morgan fingerprint density at radius 3 is 2.73 bits per heavy atom. The summed E-state index contributed by atoms with van der Waals surface area (Å²) in [5.41, 5.74) is 3.65. The Balaban J connectivity index is 2.17. The smallest absolute Gasteiger partial charge is 0.164 e. The van der Waals surface area contributed by atoms with Gasteiger partial charge in [-0.3, -0.25) is 4.79 Å². The molecule has 118 valence electrons. The van der Waals surface area contributed by atoms with Crippen molar-refractivity contribution >= 4 is 11.9 Å². The quantitative estimate of drug-likeness (QED) is 0.858. The summed E-state index contributed by atoms with van der Waals surface area (Å²) in [5.74, 6) is 1.06. The number of hydrogen-bond acceptors (Lipinski definition) is 3. The predicted molar refractivity (Wildman–Crippen MR) is 87.2 cm³/mol. The summed E-state index contributed by atoms with van der Waals surface area (Å²) in [5, 5.41) is 10.4. The second kappa shape index (κ2) is 5.24. The third-order valence-electron chi connectivity index (χ3n) is 5.37. The van der Waals surface area contributed by atoms with Crippen LogP contribution < -0.4 is 4.74 Å². The maximum atomic E-state index is 12.8. The van der Waals surface area contributed by atoms with Crippen LogP contribution in [0, 0.1) is 18.3 Å². The number of aliphatic hydroxyl groups excluding tert-OH is 1. The van der Waals surface area contributed by atoms with Gasteiger partial charge in [-0.25, -0.2) is 0 Å². The second-order valence-electron chi connectivity index (χ2n) is 7.28. The van der Waals surface area contributed by atoms with Gasteiger partial charge in [-0.1, -0.05) is 19.9 Å². The van der Waals surface area contributed by atoms with Gasteiger partial charge in [-0.2, -0.15) is 0 Å². The highest BCUT2D eigenvalue weighted by molar-refractivity contribution is 6.01. The van der Waals surface area contributed by atoms with E-state index < -0.39 is 6.10 Å². The molecule has 2 aliphatic rings. The van der Waals surface area contributed by atoms with E-state index in [1.807, 2.05) is 25.1 Å². The number of methoxy groups -OCH3 is 1. The van der Waals surface area contributed by atoms with Gasteiger partial charge in [0.05, 0.1) is 13.2 Å². The number of Topliss-reactive ketones (excluding diaryl/α,β-unsaturated/α-hetero) is 1. The van der Waals surface area contributed by atoms with Gasteiger partial charge in [0.1, 0.15) is 5.75 Å². The molecule has 3 rings (SSSR count). The summed E-state index contributed by atoms with van der Waals surface area (Å²) in [6.45, 7) is 6.36. The standard InChI is InChI=1S/C19H24O3/c1-11-7-13-12(9-18(11)22-4)8-14-15(10-17(13)21)19(2,3)6-5-16(14)20/h7-9,15-16,20H,5-6,10H2,1-4H3. The van der Waals surface area contributed by atoms with E-state index in [0.717, 1.165) is 40.9 Å². The minimum Gasteiger partial charge on any atom is -0.496 e. The minimum atomic E-state index is -0.441. The number of rotatable bonds is 1. The van der Waals surface area contributed by atoms with Gasteiger partial charge in [0.15, 0.2) is 5.78 Å². The number of ketones is 1. The molecule has 0 aromatic heterocycles. The average molecular weight is 300 g/mol. The van der Waals surface area contributed by atoms with E-state index in [1.54, 1.807) is 7.11 Å².